The van der Waals surface area contributed by atoms with Gasteiger partial charge in [0.25, 0.3) is 0 Å². The summed E-state index contributed by atoms with van der Waals surface area (Å²) in [5, 5.41) is 2.64. The molecule has 0 fully saturated rings. The number of carbonyl (C=O) groups excluding carboxylic acids is 2. The summed E-state index contributed by atoms with van der Waals surface area (Å²) in [5.41, 5.74) is 0. The molecule has 0 aromatic carbocycles. The molecule has 16 heavy (non-hydrogen) atoms. The summed E-state index contributed by atoms with van der Waals surface area (Å²) in [6.45, 7) is 4.97. The molecule has 0 rings (SSSR count). The maximum atomic E-state index is 11.0. The number of carbonyl (C=O) groups is 2. The molecule has 0 heterocycles. The monoisotopic (exact) mass is 231 g/mol. The number of amides is 1. The van der Waals surface area contributed by atoms with Gasteiger partial charge < -0.3 is 14.8 Å². The van der Waals surface area contributed by atoms with E-state index in [9.17, 15) is 9.59 Å². The molecule has 0 saturated heterocycles. The average molecular weight is 231 g/mol. The lowest BCUT2D eigenvalue weighted by Gasteiger charge is -2.05. The summed E-state index contributed by atoms with van der Waals surface area (Å²) in [4.78, 5) is 21.5. The highest BCUT2D eigenvalue weighted by molar-refractivity contribution is 5.72. The van der Waals surface area contributed by atoms with Crippen LogP contribution in [0.25, 0.3) is 0 Å². The van der Waals surface area contributed by atoms with Crippen molar-refractivity contribution in [3.05, 3.63) is 0 Å². The predicted molar refractivity (Wildman–Crippen MR) is 60.0 cm³/mol. The summed E-state index contributed by atoms with van der Waals surface area (Å²) < 4.78 is 9.98. The zero-order valence-electron chi connectivity index (χ0n) is 10.1. The van der Waals surface area contributed by atoms with Crippen LogP contribution >= 0.6 is 0 Å². The van der Waals surface area contributed by atoms with Gasteiger partial charge in [-0.3, -0.25) is 4.79 Å². The minimum Gasteiger partial charge on any atom is -0.464 e. The number of nitrogens with one attached hydrogen (secondary N) is 1. The van der Waals surface area contributed by atoms with Gasteiger partial charge in [-0.25, -0.2) is 4.79 Å². The van der Waals surface area contributed by atoms with Gasteiger partial charge in [-0.05, 0) is 12.8 Å². The van der Waals surface area contributed by atoms with Gasteiger partial charge in [0.15, 0.2) is 0 Å². The van der Waals surface area contributed by atoms with Crippen molar-refractivity contribution in [2.75, 3.05) is 26.4 Å². The zero-order valence-corrected chi connectivity index (χ0v) is 10.1. The molecule has 0 aromatic rings. The first-order valence-electron chi connectivity index (χ1n) is 5.64. The van der Waals surface area contributed by atoms with Crippen molar-refractivity contribution in [1.82, 2.24) is 5.32 Å². The van der Waals surface area contributed by atoms with Crippen molar-refractivity contribution >= 4 is 11.9 Å². The highest BCUT2D eigenvalue weighted by Gasteiger charge is 2.01. The fraction of sp³-hybridized carbons (Fsp3) is 0.818. The molecule has 5 heteroatoms. The maximum Gasteiger partial charge on any atom is 0.332 e. The van der Waals surface area contributed by atoms with Gasteiger partial charge in [-0.2, -0.15) is 0 Å². The van der Waals surface area contributed by atoms with E-state index in [2.05, 4.69) is 5.32 Å². The lowest BCUT2D eigenvalue weighted by Crippen LogP contribution is -2.22. The molecule has 0 unspecified atom stereocenters. The Morgan fingerprint density at radius 3 is 2.56 bits per heavy atom. The molecule has 94 valence electrons. The first-order valence-corrected chi connectivity index (χ1v) is 5.64. The van der Waals surface area contributed by atoms with Crippen LogP contribution in [-0.2, 0) is 19.1 Å². The van der Waals surface area contributed by atoms with Crippen LogP contribution in [0.1, 0.15) is 33.1 Å². The molecule has 1 amide bonds. The van der Waals surface area contributed by atoms with Crippen molar-refractivity contribution in [1.29, 1.82) is 0 Å². The molecule has 0 saturated carbocycles. The molecule has 0 aromatic heterocycles. The molecule has 0 radical (unpaired) electrons. The lowest BCUT2D eigenvalue weighted by atomic mass is 10.4. The van der Waals surface area contributed by atoms with Crippen molar-refractivity contribution < 1.29 is 19.1 Å². The summed E-state index contributed by atoms with van der Waals surface area (Å²) in [7, 11) is 0. The molecule has 0 bridgehead atoms. The number of ether oxygens (including phenoxy) is 2. The van der Waals surface area contributed by atoms with Crippen LogP contribution < -0.4 is 5.32 Å². The number of rotatable bonds is 9. The Balaban J connectivity index is 3.18. The van der Waals surface area contributed by atoms with Gasteiger partial charge in [-0.15, -0.1) is 0 Å². The third kappa shape index (κ3) is 11.0. The second-order valence-electron chi connectivity index (χ2n) is 3.46. The van der Waals surface area contributed by atoms with E-state index in [1.807, 2.05) is 6.92 Å². The van der Waals surface area contributed by atoms with E-state index in [1.54, 1.807) is 0 Å². The lowest BCUT2D eigenvalue weighted by molar-refractivity contribution is -0.149. The number of hydrogen-bond acceptors (Lipinski definition) is 4. The Bertz CT molecular complexity index is 206. The Morgan fingerprint density at radius 2 is 1.94 bits per heavy atom. The quantitative estimate of drug-likeness (QED) is 0.472. The topological polar surface area (TPSA) is 64.6 Å². The number of unbranched alkanes of at least 4 members (excludes halogenated alkanes) is 1. The van der Waals surface area contributed by atoms with Crippen LogP contribution in [0.3, 0.4) is 0 Å². The average Bonchev–Trinajstić information content (AvgIpc) is 2.23. The minimum atomic E-state index is -0.326. The Hall–Kier alpha value is -1.10. The molecule has 0 aliphatic heterocycles. The second-order valence-corrected chi connectivity index (χ2v) is 3.46. The third-order valence-corrected chi connectivity index (χ3v) is 1.82. The van der Waals surface area contributed by atoms with E-state index in [0.717, 1.165) is 12.8 Å². The molecule has 0 atom stereocenters. The van der Waals surface area contributed by atoms with Crippen LogP contribution in [0, 0.1) is 0 Å². The fourth-order valence-corrected chi connectivity index (χ4v) is 0.966. The standard InChI is InChI=1S/C11H21NO4/c1-3-4-8-16-11(14)9-15-7-5-6-12-10(2)13/h3-9H2,1-2H3,(H,12,13). The SMILES string of the molecule is CCCCOC(=O)COCCCNC(C)=O. The van der Waals surface area contributed by atoms with Gasteiger partial charge >= 0.3 is 5.97 Å². The summed E-state index contributed by atoms with van der Waals surface area (Å²) in [5.74, 6) is -0.382. The Morgan fingerprint density at radius 1 is 1.19 bits per heavy atom. The molecular formula is C11H21NO4. The molecule has 1 N–H and O–H groups in total. The van der Waals surface area contributed by atoms with Crippen molar-refractivity contribution in [2.24, 2.45) is 0 Å². The van der Waals surface area contributed by atoms with E-state index >= 15 is 0 Å². The number of hydrogen-bond donors (Lipinski definition) is 1. The van der Waals surface area contributed by atoms with Gasteiger partial charge in [0.2, 0.25) is 5.91 Å². The zero-order chi connectivity index (χ0) is 12.2. The van der Waals surface area contributed by atoms with E-state index in [1.165, 1.54) is 6.92 Å². The highest BCUT2D eigenvalue weighted by Crippen LogP contribution is 1.90. The van der Waals surface area contributed by atoms with E-state index in [0.29, 0.717) is 26.2 Å². The van der Waals surface area contributed by atoms with Gasteiger partial charge in [0.1, 0.15) is 6.61 Å². The minimum absolute atomic E-state index is 0.0101. The van der Waals surface area contributed by atoms with E-state index in [-0.39, 0.29) is 18.5 Å². The Kier molecular flexibility index (Phi) is 9.70. The van der Waals surface area contributed by atoms with Gasteiger partial charge in [0, 0.05) is 20.1 Å². The summed E-state index contributed by atoms with van der Waals surface area (Å²) >= 11 is 0. The molecular weight excluding hydrogens is 210 g/mol. The van der Waals surface area contributed by atoms with Crippen LogP contribution in [0.15, 0.2) is 0 Å². The number of esters is 1. The molecule has 5 nitrogen and oxygen atoms in total. The first kappa shape index (κ1) is 14.9. The van der Waals surface area contributed by atoms with Crippen LogP contribution in [-0.4, -0.2) is 38.2 Å². The largest absolute Gasteiger partial charge is 0.464 e. The molecule has 0 aliphatic carbocycles. The third-order valence-electron chi connectivity index (χ3n) is 1.82. The van der Waals surface area contributed by atoms with Crippen molar-refractivity contribution in [2.45, 2.75) is 33.1 Å². The van der Waals surface area contributed by atoms with Gasteiger partial charge in [0.05, 0.1) is 6.61 Å². The van der Waals surface area contributed by atoms with Crippen molar-refractivity contribution in [3.63, 3.8) is 0 Å². The van der Waals surface area contributed by atoms with E-state index in [4.69, 9.17) is 9.47 Å². The van der Waals surface area contributed by atoms with E-state index < -0.39 is 0 Å². The summed E-state index contributed by atoms with van der Waals surface area (Å²) in [6, 6.07) is 0. The normalized spacial score (nSPS) is 9.88. The first-order chi connectivity index (χ1) is 7.66. The van der Waals surface area contributed by atoms with Crippen LogP contribution in [0.5, 0.6) is 0 Å². The summed E-state index contributed by atoms with van der Waals surface area (Å²) in [6.07, 6.45) is 2.58. The Labute approximate surface area is 96.5 Å². The highest BCUT2D eigenvalue weighted by atomic mass is 16.6. The van der Waals surface area contributed by atoms with Gasteiger partial charge in [-0.1, -0.05) is 13.3 Å². The van der Waals surface area contributed by atoms with Crippen LogP contribution in [0.4, 0.5) is 0 Å². The fourth-order valence-electron chi connectivity index (χ4n) is 0.966. The maximum absolute atomic E-state index is 11.0. The molecule has 0 spiro atoms. The molecule has 0 aliphatic rings. The predicted octanol–water partition coefficient (Wildman–Crippen LogP) is 0.873. The van der Waals surface area contributed by atoms with Crippen LogP contribution in [0.2, 0.25) is 0 Å². The van der Waals surface area contributed by atoms with Crippen molar-refractivity contribution in [3.8, 4) is 0 Å². The smallest absolute Gasteiger partial charge is 0.332 e. The second kappa shape index (κ2) is 10.4.